The molecule has 0 N–H and O–H groups in total. The highest BCUT2D eigenvalue weighted by Gasteiger charge is 2.25. The Balaban J connectivity index is 0.000000257. The van der Waals surface area contributed by atoms with E-state index < -0.39 is 9.84 Å². The number of sulfone groups is 1. The molecule has 25 heavy (non-hydrogen) atoms. The van der Waals surface area contributed by atoms with E-state index in [0.717, 1.165) is 50.6 Å². The van der Waals surface area contributed by atoms with Gasteiger partial charge in [-0.05, 0) is 56.3 Å². The van der Waals surface area contributed by atoms with Crippen molar-refractivity contribution in [2.45, 2.75) is 60.3 Å². The lowest BCUT2D eigenvalue weighted by Gasteiger charge is -2.33. The van der Waals surface area contributed by atoms with Crippen LogP contribution in [0.15, 0.2) is 0 Å². The van der Waals surface area contributed by atoms with Gasteiger partial charge in [0, 0.05) is 13.1 Å². The summed E-state index contributed by atoms with van der Waals surface area (Å²) in [6.07, 6.45) is 3.85. The molecular formula is C19H37NO4S. The molecule has 0 unspecified atom stereocenters. The molecule has 0 saturated carbocycles. The van der Waals surface area contributed by atoms with Gasteiger partial charge in [-0.3, -0.25) is 0 Å². The fraction of sp³-hybridized carbons (Fsp3) is 0.947. The Hall–Kier alpha value is -0.780. The normalized spacial score (nSPS) is 21.8. The molecule has 1 amide bonds. The summed E-state index contributed by atoms with van der Waals surface area (Å²) in [5.74, 6) is 3.62. The van der Waals surface area contributed by atoms with Gasteiger partial charge < -0.3 is 9.64 Å². The summed E-state index contributed by atoms with van der Waals surface area (Å²) in [5.41, 5.74) is 0. The third kappa shape index (κ3) is 7.97. The van der Waals surface area contributed by atoms with E-state index in [9.17, 15) is 13.2 Å². The lowest BCUT2D eigenvalue weighted by atomic mass is 9.87. The zero-order valence-electron chi connectivity index (χ0n) is 16.7. The third-order valence-corrected chi connectivity index (χ3v) is 7.27. The van der Waals surface area contributed by atoms with Gasteiger partial charge in [0.2, 0.25) is 0 Å². The molecule has 0 aliphatic carbocycles. The Kier molecular flexibility index (Phi) is 9.25. The van der Waals surface area contributed by atoms with E-state index in [1.54, 1.807) is 0 Å². The van der Waals surface area contributed by atoms with E-state index >= 15 is 0 Å². The molecular weight excluding hydrogens is 338 g/mol. The topological polar surface area (TPSA) is 63.7 Å². The van der Waals surface area contributed by atoms with Crippen LogP contribution in [0.4, 0.5) is 4.79 Å². The average Bonchev–Trinajstić information content (AvgIpc) is 2.55. The van der Waals surface area contributed by atoms with E-state index in [-0.39, 0.29) is 6.09 Å². The SMILES string of the molecule is CC(C)C1CCS(=O)(=O)CC1.CCOC(=O)N1CCC(C(C)C)CC1. The Morgan fingerprint density at radius 3 is 1.80 bits per heavy atom. The summed E-state index contributed by atoms with van der Waals surface area (Å²) in [4.78, 5) is 13.2. The first kappa shape index (κ1) is 22.3. The fourth-order valence-electron chi connectivity index (χ4n) is 3.54. The van der Waals surface area contributed by atoms with Gasteiger partial charge in [-0.25, -0.2) is 13.2 Å². The van der Waals surface area contributed by atoms with Gasteiger partial charge >= 0.3 is 6.09 Å². The predicted molar refractivity (Wildman–Crippen MR) is 102 cm³/mol. The summed E-state index contributed by atoms with van der Waals surface area (Å²) in [6.45, 7) is 12.9. The standard InChI is InChI=1S/C11H21NO2.C8H16O2S/c1-4-14-11(13)12-7-5-10(6-8-12)9(2)3;1-7(2)8-3-5-11(9,10)6-4-8/h9-10H,4-8H2,1-3H3;7-8H,3-6H2,1-2H3. The van der Waals surface area contributed by atoms with Gasteiger partial charge in [0.05, 0.1) is 18.1 Å². The maximum absolute atomic E-state index is 11.4. The number of rotatable bonds is 3. The number of ether oxygens (including phenoxy) is 1. The van der Waals surface area contributed by atoms with Crippen molar-refractivity contribution in [1.82, 2.24) is 4.90 Å². The zero-order chi connectivity index (χ0) is 19.0. The number of likely N-dealkylation sites (tertiary alicyclic amines) is 1. The quantitative estimate of drug-likeness (QED) is 0.748. The van der Waals surface area contributed by atoms with Crippen molar-refractivity contribution in [2.75, 3.05) is 31.2 Å². The molecule has 2 rings (SSSR count). The number of amides is 1. The highest BCUT2D eigenvalue weighted by atomic mass is 32.2. The molecule has 2 aliphatic rings. The van der Waals surface area contributed by atoms with Crippen LogP contribution in [0.25, 0.3) is 0 Å². The van der Waals surface area contributed by atoms with Crippen LogP contribution in [-0.2, 0) is 14.6 Å². The average molecular weight is 376 g/mol. The molecule has 6 heteroatoms. The first-order valence-electron chi connectivity index (χ1n) is 9.78. The zero-order valence-corrected chi connectivity index (χ0v) is 17.5. The van der Waals surface area contributed by atoms with E-state index in [0.29, 0.717) is 29.9 Å². The predicted octanol–water partition coefficient (Wildman–Crippen LogP) is 3.98. The summed E-state index contributed by atoms with van der Waals surface area (Å²) in [5, 5.41) is 0. The van der Waals surface area contributed by atoms with Crippen molar-refractivity contribution in [2.24, 2.45) is 23.7 Å². The first-order chi connectivity index (χ1) is 11.7. The minimum absolute atomic E-state index is 0.144. The summed E-state index contributed by atoms with van der Waals surface area (Å²) in [6, 6.07) is 0. The van der Waals surface area contributed by atoms with Crippen LogP contribution in [-0.4, -0.2) is 50.6 Å². The molecule has 2 heterocycles. The Labute approximate surface area is 154 Å². The minimum atomic E-state index is -2.65. The van der Waals surface area contributed by atoms with Gasteiger partial charge in [0.15, 0.2) is 0 Å². The van der Waals surface area contributed by atoms with Crippen molar-refractivity contribution in [3.63, 3.8) is 0 Å². The smallest absolute Gasteiger partial charge is 0.409 e. The van der Waals surface area contributed by atoms with Crippen molar-refractivity contribution < 1.29 is 17.9 Å². The molecule has 0 atom stereocenters. The summed E-state index contributed by atoms with van der Waals surface area (Å²) >= 11 is 0. The van der Waals surface area contributed by atoms with Crippen LogP contribution in [0.5, 0.6) is 0 Å². The van der Waals surface area contributed by atoms with Crippen LogP contribution in [0.2, 0.25) is 0 Å². The Morgan fingerprint density at radius 2 is 1.40 bits per heavy atom. The van der Waals surface area contributed by atoms with Gasteiger partial charge in [0.1, 0.15) is 9.84 Å². The number of carbonyl (C=O) groups is 1. The van der Waals surface area contributed by atoms with Gasteiger partial charge in [-0.15, -0.1) is 0 Å². The van der Waals surface area contributed by atoms with E-state index in [4.69, 9.17) is 4.74 Å². The van der Waals surface area contributed by atoms with Crippen molar-refractivity contribution in [3.8, 4) is 0 Å². The molecule has 0 aromatic carbocycles. The van der Waals surface area contributed by atoms with Crippen LogP contribution >= 0.6 is 0 Å². The second-order valence-electron chi connectivity index (χ2n) is 8.00. The number of carbonyl (C=O) groups excluding carboxylic acids is 1. The summed E-state index contributed by atoms with van der Waals surface area (Å²) < 4.78 is 27.0. The highest BCUT2D eigenvalue weighted by molar-refractivity contribution is 7.91. The maximum atomic E-state index is 11.4. The van der Waals surface area contributed by atoms with Crippen LogP contribution < -0.4 is 0 Å². The molecule has 5 nitrogen and oxygen atoms in total. The molecule has 2 aliphatic heterocycles. The summed E-state index contributed by atoms with van der Waals surface area (Å²) in [7, 11) is -2.65. The monoisotopic (exact) mass is 375 g/mol. The fourth-order valence-corrected chi connectivity index (χ4v) is 5.07. The largest absolute Gasteiger partial charge is 0.450 e. The Morgan fingerprint density at radius 1 is 0.960 bits per heavy atom. The maximum Gasteiger partial charge on any atom is 0.409 e. The van der Waals surface area contributed by atoms with Gasteiger partial charge in [0.25, 0.3) is 0 Å². The number of piperidine rings is 1. The second-order valence-corrected chi connectivity index (χ2v) is 10.3. The highest BCUT2D eigenvalue weighted by Crippen LogP contribution is 2.25. The van der Waals surface area contributed by atoms with Gasteiger partial charge in [-0.1, -0.05) is 27.7 Å². The lowest BCUT2D eigenvalue weighted by molar-refractivity contribution is 0.0865. The molecule has 0 spiro atoms. The van der Waals surface area contributed by atoms with Crippen molar-refractivity contribution >= 4 is 15.9 Å². The molecule has 0 aromatic heterocycles. The van der Waals surface area contributed by atoms with Crippen LogP contribution in [0.1, 0.15) is 60.3 Å². The van der Waals surface area contributed by atoms with Crippen molar-refractivity contribution in [3.05, 3.63) is 0 Å². The molecule has 0 aromatic rings. The lowest BCUT2D eigenvalue weighted by Crippen LogP contribution is -2.39. The van der Waals surface area contributed by atoms with E-state index in [1.807, 2.05) is 11.8 Å². The first-order valence-corrected chi connectivity index (χ1v) is 11.6. The van der Waals surface area contributed by atoms with E-state index in [2.05, 4.69) is 27.7 Å². The third-order valence-electron chi connectivity index (χ3n) is 5.55. The van der Waals surface area contributed by atoms with E-state index in [1.165, 1.54) is 0 Å². The van der Waals surface area contributed by atoms with Crippen LogP contribution in [0.3, 0.4) is 0 Å². The number of hydrogen-bond donors (Lipinski definition) is 0. The molecule has 2 saturated heterocycles. The van der Waals surface area contributed by atoms with Crippen molar-refractivity contribution in [1.29, 1.82) is 0 Å². The number of hydrogen-bond acceptors (Lipinski definition) is 4. The number of nitrogens with zero attached hydrogens (tertiary/aromatic N) is 1. The molecule has 0 bridgehead atoms. The molecule has 2 fully saturated rings. The van der Waals surface area contributed by atoms with Gasteiger partial charge in [-0.2, -0.15) is 0 Å². The molecule has 0 radical (unpaired) electrons. The minimum Gasteiger partial charge on any atom is -0.450 e. The van der Waals surface area contributed by atoms with Crippen LogP contribution in [0, 0.1) is 23.7 Å². The Bertz CT molecular complexity index is 480. The second kappa shape index (κ2) is 10.4. The molecule has 148 valence electrons.